The van der Waals surface area contributed by atoms with Crippen LogP contribution in [0.5, 0.6) is 0 Å². The second-order valence-electron chi connectivity index (χ2n) is 7.88. The molecule has 4 fully saturated rings. The van der Waals surface area contributed by atoms with Crippen LogP contribution in [0.2, 0.25) is 0 Å². The molecule has 0 heterocycles. The van der Waals surface area contributed by atoms with Gasteiger partial charge in [-0.3, -0.25) is 4.79 Å². The Morgan fingerprint density at radius 2 is 1.71 bits per heavy atom. The maximum atomic E-state index is 13.1. The SMILES string of the molecule is Cc1cc(CC(=O)C23CC4CC(CC(C4)C2)C3)ccc1Br. The number of ketones is 1. The molecule has 0 amide bonds. The Kier molecular flexibility index (Phi) is 3.29. The van der Waals surface area contributed by atoms with Crippen LogP contribution in [0.25, 0.3) is 0 Å². The van der Waals surface area contributed by atoms with Crippen LogP contribution in [0.3, 0.4) is 0 Å². The average Bonchev–Trinajstić information content (AvgIpc) is 2.41. The molecular formula is C19H23BrO. The first kappa shape index (κ1) is 14.0. The zero-order chi connectivity index (χ0) is 14.6. The minimum Gasteiger partial charge on any atom is -0.299 e. The van der Waals surface area contributed by atoms with Crippen molar-refractivity contribution >= 4 is 21.7 Å². The van der Waals surface area contributed by atoms with Gasteiger partial charge >= 0.3 is 0 Å². The van der Waals surface area contributed by atoms with Gasteiger partial charge in [0.25, 0.3) is 0 Å². The summed E-state index contributed by atoms with van der Waals surface area (Å²) >= 11 is 3.54. The molecule has 0 saturated heterocycles. The lowest BCUT2D eigenvalue weighted by Crippen LogP contribution is -2.50. The van der Waals surface area contributed by atoms with Gasteiger partial charge in [-0.05, 0) is 80.4 Å². The topological polar surface area (TPSA) is 17.1 Å². The van der Waals surface area contributed by atoms with Crippen molar-refractivity contribution in [3.8, 4) is 0 Å². The molecule has 0 radical (unpaired) electrons. The van der Waals surface area contributed by atoms with Gasteiger partial charge in [-0.25, -0.2) is 0 Å². The van der Waals surface area contributed by atoms with Gasteiger partial charge in [-0.1, -0.05) is 28.1 Å². The number of benzene rings is 1. The number of carbonyl (C=O) groups excluding carboxylic acids is 1. The smallest absolute Gasteiger partial charge is 0.143 e. The van der Waals surface area contributed by atoms with E-state index in [1.54, 1.807) is 0 Å². The molecule has 21 heavy (non-hydrogen) atoms. The molecule has 0 aromatic heterocycles. The molecule has 4 aliphatic rings. The number of halogens is 1. The number of hydrogen-bond acceptors (Lipinski definition) is 1. The molecule has 0 N–H and O–H groups in total. The van der Waals surface area contributed by atoms with Crippen molar-refractivity contribution in [1.29, 1.82) is 0 Å². The van der Waals surface area contributed by atoms with E-state index < -0.39 is 0 Å². The molecule has 0 atom stereocenters. The van der Waals surface area contributed by atoms with Crippen molar-refractivity contribution in [2.45, 2.75) is 51.9 Å². The van der Waals surface area contributed by atoms with Crippen LogP contribution in [-0.2, 0) is 11.2 Å². The normalized spacial score (nSPS) is 37.0. The third kappa shape index (κ3) is 2.40. The van der Waals surface area contributed by atoms with E-state index in [9.17, 15) is 4.79 Å². The summed E-state index contributed by atoms with van der Waals surface area (Å²) in [5.41, 5.74) is 2.47. The lowest BCUT2D eigenvalue weighted by Gasteiger charge is -2.56. The molecule has 112 valence electrons. The first-order valence-corrected chi connectivity index (χ1v) is 9.12. The number of carbonyl (C=O) groups is 1. The van der Waals surface area contributed by atoms with Gasteiger partial charge in [0, 0.05) is 16.3 Å². The van der Waals surface area contributed by atoms with E-state index in [4.69, 9.17) is 0 Å². The molecule has 4 saturated carbocycles. The highest BCUT2D eigenvalue weighted by atomic mass is 79.9. The molecule has 1 aromatic rings. The Morgan fingerprint density at radius 1 is 1.14 bits per heavy atom. The van der Waals surface area contributed by atoms with Crippen molar-refractivity contribution in [2.75, 3.05) is 0 Å². The van der Waals surface area contributed by atoms with Gasteiger partial charge in [0.05, 0.1) is 0 Å². The number of hydrogen-bond donors (Lipinski definition) is 0. The highest BCUT2D eigenvalue weighted by molar-refractivity contribution is 9.10. The lowest BCUT2D eigenvalue weighted by molar-refractivity contribution is -0.143. The van der Waals surface area contributed by atoms with E-state index in [2.05, 4.69) is 41.1 Å². The third-order valence-corrected chi connectivity index (χ3v) is 7.11. The summed E-state index contributed by atoms with van der Waals surface area (Å²) in [6, 6.07) is 6.36. The highest BCUT2D eigenvalue weighted by Gasteiger charge is 2.53. The minimum atomic E-state index is 0.0513. The van der Waals surface area contributed by atoms with Crippen LogP contribution < -0.4 is 0 Å². The third-order valence-electron chi connectivity index (χ3n) is 6.22. The standard InChI is InChI=1S/C19H23BrO/c1-12-4-13(2-3-17(12)20)8-18(21)19-9-14-5-15(10-19)7-16(6-14)11-19/h2-4,14-16H,5-11H2,1H3. The summed E-state index contributed by atoms with van der Waals surface area (Å²) in [5, 5.41) is 0. The van der Waals surface area contributed by atoms with Crippen molar-refractivity contribution < 1.29 is 4.79 Å². The van der Waals surface area contributed by atoms with Gasteiger partial charge < -0.3 is 0 Å². The Hall–Kier alpha value is -0.630. The predicted octanol–water partition coefficient (Wildman–Crippen LogP) is 5.09. The fraction of sp³-hybridized carbons (Fsp3) is 0.632. The van der Waals surface area contributed by atoms with Crippen molar-refractivity contribution in [3.63, 3.8) is 0 Å². The fourth-order valence-electron chi connectivity index (χ4n) is 5.64. The van der Waals surface area contributed by atoms with Gasteiger partial charge in [-0.15, -0.1) is 0 Å². The first-order valence-electron chi connectivity index (χ1n) is 8.32. The van der Waals surface area contributed by atoms with Crippen molar-refractivity contribution in [2.24, 2.45) is 23.2 Å². The van der Waals surface area contributed by atoms with E-state index >= 15 is 0 Å². The van der Waals surface area contributed by atoms with Crippen LogP contribution in [0.15, 0.2) is 22.7 Å². The molecule has 1 aromatic carbocycles. The van der Waals surface area contributed by atoms with Crippen LogP contribution >= 0.6 is 15.9 Å². The molecule has 0 aliphatic heterocycles. The summed E-state index contributed by atoms with van der Waals surface area (Å²) in [7, 11) is 0. The number of Topliss-reactive ketones (excluding diaryl/α,β-unsaturated/α-hetero) is 1. The summed E-state index contributed by atoms with van der Waals surface area (Å²) in [6.45, 7) is 2.10. The fourth-order valence-corrected chi connectivity index (χ4v) is 5.89. The highest BCUT2D eigenvalue weighted by Crippen LogP contribution is 2.60. The van der Waals surface area contributed by atoms with Gasteiger partial charge in [-0.2, -0.15) is 0 Å². The van der Waals surface area contributed by atoms with Gasteiger partial charge in [0.2, 0.25) is 0 Å². The maximum Gasteiger partial charge on any atom is 0.143 e. The predicted molar refractivity (Wildman–Crippen MR) is 88.2 cm³/mol. The van der Waals surface area contributed by atoms with Gasteiger partial charge in [0.1, 0.15) is 5.78 Å². The summed E-state index contributed by atoms with van der Waals surface area (Å²) in [6.07, 6.45) is 8.42. The van der Waals surface area contributed by atoms with E-state index in [1.165, 1.54) is 49.7 Å². The summed E-state index contributed by atoms with van der Waals surface area (Å²) in [5.74, 6) is 3.09. The molecule has 0 unspecified atom stereocenters. The second-order valence-corrected chi connectivity index (χ2v) is 8.74. The zero-order valence-electron chi connectivity index (χ0n) is 12.7. The van der Waals surface area contributed by atoms with Crippen LogP contribution in [0.4, 0.5) is 0 Å². The zero-order valence-corrected chi connectivity index (χ0v) is 14.3. The second kappa shape index (κ2) is 4.94. The quantitative estimate of drug-likeness (QED) is 0.745. The van der Waals surface area contributed by atoms with E-state index in [0.717, 1.165) is 22.2 Å². The molecule has 4 bridgehead atoms. The Morgan fingerprint density at radius 3 is 2.24 bits per heavy atom. The molecular weight excluding hydrogens is 324 g/mol. The minimum absolute atomic E-state index is 0.0513. The molecule has 4 aliphatic carbocycles. The summed E-state index contributed by atoms with van der Waals surface area (Å²) < 4.78 is 1.13. The van der Waals surface area contributed by atoms with Crippen molar-refractivity contribution in [3.05, 3.63) is 33.8 Å². The number of aryl methyl sites for hydroxylation is 1. The molecule has 0 spiro atoms. The van der Waals surface area contributed by atoms with Crippen LogP contribution in [0, 0.1) is 30.1 Å². The Bertz CT molecular complexity index is 554. The van der Waals surface area contributed by atoms with E-state index in [0.29, 0.717) is 12.2 Å². The van der Waals surface area contributed by atoms with Crippen LogP contribution in [0.1, 0.15) is 49.7 Å². The molecule has 1 nitrogen and oxygen atoms in total. The maximum absolute atomic E-state index is 13.1. The van der Waals surface area contributed by atoms with Gasteiger partial charge in [0.15, 0.2) is 0 Å². The molecule has 2 heteroatoms. The van der Waals surface area contributed by atoms with Crippen molar-refractivity contribution in [1.82, 2.24) is 0 Å². The number of rotatable bonds is 3. The Labute approximate surface area is 135 Å². The average molecular weight is 347 g/mol. The summed E-state index contributed by atoms with van der Waals surface area (Å²) in [4.78, 5) is 13.1. The molecule has 5 rings (SSSR count). The van der Waals surface area contributed by atoms with Crippen LogP contribution in [-0.4, -0.2) is 5.78 Å². The van der Waals surface area contributed by atoms with E-state index in [1.807, 2.05) is 0 Å². The first-order chi connectivity index (χ1) is 10.0. The largest absolute Gasteiger partial charge is 0.299 e. The lowest BCUT2D eigenvalue weighted by atomic mass is 9.48. The Balaban J connectivity index is 1.56. The monoisotopic (exact) mass is 346 g/mol. The van der Waals surface area contributed by atoms with E-state index in [-0.39, 0.29) is 5.41 Å².